The van der Waals surface area contributed by atoms with Gasteiger partial charge in [0, 0.05) is 17.0 Å². The fraction of sp³-hybridized carbons (Fsp3) is 0.343. The molecule has 0 bridgehead atoms. The quantitative estimate of drug-likeness (QED) is 0.116. The third-order valence-corrected chi connectivity index (χ3v) is 15.0. The summed E-state index contributed by atoms with van der Waals surface area (Å²) in [5.41, 5.74) is 6.88. The average molecular weight is 535 g/mol. The van der Waals surface area contributed by atoms with Crippen LogP contribution in [-0.4, -0.2) is 19.1 Å². The minimum atomic E-state index is -1.85. The van der Waals surface area contributed by atoms with Crippen LogP contribution in [0.25, 0.3) is 32.7 Å². The van der Waals surface area contributed by atoms with Crippen molar-refractivity contribution >= 4 is 35.6 Å². The third-order valence-electron chi connectivity index (χ3n) is 8.69. The number of ether oxygens (including phenoxy) is 1. The van der Waals surface area contributed by atoms with Gasteiger partial charge in [-0.15, -0.1) is 11.5 Å². The fourth-order valence-electron chi connectivity index (χ4n) is 6.57. The Labute approximate surface area is 233 Å². The Hall–Kier alpha value is -3.55. The number of phenolic OH excluding ortho intramolecular Hbond substituents is 1. The lowest BCUT2D eigenvalue weighted by Crippen LogP contribution is -2.43. The number of carbonyl (C=O) groups is 1. The molecule has 0 amide bonds. The summed E-state index contributed by atoms with van der Waals surface area (Å²) in [5.74, 6) is 3.77. The summed E-state index contributed by atoms with van der Waals surface area (Å²) >= 11 is 0. The Kier molecular flexibility index (Phi) is 7.31. The zero-order valence-electron chi connectivity index (χ0n) is 23.8. The van der Waals surface area contributed by atoms with Gasteiger partial charge >= 0.3 is 5.97 Å². The largest absolute Gasteiger partial charge is 0.507 e. The fourth-order valence-corrected chi connectivity index (χ4v) is 11.9. The van der Waals surface area contributed by atoms with Gasteiger partial charge in [-0.05, 0) is 56.7 Å². The van der Waals surface area contributed by atoms with Crippen LogP contribution in [0.5, 0.6) is 11.5 Å². The van der Waals surface area contributed by atoms with E-state index in [1.54, 1.807) is 6.07 Å². The van der Waals surface area contributed by atoms with E-state index < -0.39 is 8.07 Å². The van der Waals surface area contributed by atoms with Crippen LogP contribution in [0.2, 0.25) is 16.6 Å². The van der Waals surface area contributed by atoms with Crippen LogP contribution < -0.4 is 4.74 Å². The van der Waals surface area contributed by atoms with Gasteiger partial charge in [0.05, 0.1) is 5.92 Å². The van der Waals surface area contributed by atoms with Crippen molar-refractivity contribution in [3.05, 3.63) is 72.8 Å². The zero-order chi connectivity index (χ0) is 27.9. The maximum Gasteiger partial charge on any atom is 0.315 e. The number of benzene rings is 4. The summed E-state index contributed by atoms with van der Waals surface area (Å²) in [4.78, 5) is 13.4. The molecule has 3 nitrogen and oxygen atoms in total. The number of phenols is 1. The normalized spacial score (nSPS) is 17.1. The highest BCUT2D eigenvalue weighted by Crippen LogP contribution is 2.47. The maximum absolute atomic E-state index is 13.4. The van der Waals surface area contributed by atoms with Crippen molar-refractivity contribution in [2.24, 2.45) is 11.8 Å². The second-order valence-electron chi connectivity index (χ2n) is 11.9. The molecule has 1 fully saturated rings. The van der Waals surface area contributed by atoms with Gasteiger partial charge in [-0.25, -0.2) is 0 Å². The second kappa shape index (κ2) is 10.5. The molecule has 4 aromatic rings. The summed E-state index contributed by atoms with van der Waals surface area (Å²) < 4.78 is 6.13. The number of rotatable bonds is 6. The molecule has 1 N–H and O–H groups in total. The number of fused-ring (bicyclic) bond motifs is 2. The van der Waals surface area contributed by atoms with Gasteiger partial charge < -0.3 is 9.84 Å². The highest BCUT2D eigenvalue weighted by atomic mass is 28.3. The minimum absolute atomic E-state index is 0.0514. The smallest absolute Gasteiger partial charge is 0.315 e. The first kappa shape index (κ1) is 27.0. The number of esters is 1. The van der Waals surface area contributed by atoms with Crippen molar-refractivity contribution < 1.29 is 14.6 Å². The molecular weight excluding hydrogens is 496 g/mol. The minimum Gasteiger partial charge on any atom is -0.507 e. The van der Waals surface area contributed by atoms with Crippen molar-refractivity contribution in [1.82, 2.24) is 0 Å². The van der Waals surface area contributed by atoms with Crippen molar-refractivity contribution in [2.75, 3.05) is 0 Å². The van der Waals surface area contributed by atoms with E-state index in [4.69, 9.17) is 4.74 Å². The molecule has 4 heteroatoms. The van der Waals surface area contributed by atoms with Crippen LogP contribution in [0.3, 0.4) is 0 Å². The monoisotopic (exact) mass is 534 g/mol. The van der Waals surface area contributed by atoms with Crippen molar-refractivity contribution in [3.63, 3.8) is 0 Å². The third kappa shape index (κ3) is 4.85. The topological polar surface area (TPSA) is 46.5 Å². The molecule has 0 saturated heterocycles. The Morgan fingerprint density at radius 3 is 1.92 bits per heavy atom. The van der Waals surface area contributed by atoms with E-state index >= 15 is 0 Å². The van der Waals surface area contributed by atoms with Gasteiger partial charge in [-0.2, -0.15) is 0 Å². The number of aromatic hydroxyl groups is 1. The average Bonchev–Trinajstić information content (AvgIpc) is 3.69. The predicted molar refractivity (Wildman–Crippen MR) is 165 cm³/mol. The molecule has 200 valence electrons. The van der Waals surface area contributed by atoms with Crippen LogP contribution >= 0.6 is 0 Å². The van der Waals surface area contributed by atoms with Crippen molar-refractivity contribution in [1.29, 1.82) is 0 Å². The van der Waals surface area contributed by atoms with Gasteiger partial charge in [-0.3, -0.25) is 4.79 Å². The number of hydrogen-bond acceptors (Lipinski definition) is 3. The Balaban J connectivity index is 1.51. The van der Waals surface area contributed by atoms with E-state index in [2.05, 4.69) is 53.0 Å². The molecule has 0 spiro atoms. The molecular formula is C35H38O3Si. The molecule has 0 radical (unpaired) electrons. The lowest BCUT2D eigenvalue weighted by molar-refractivity contribution is -0.135. The highest BCUT2D eigenvalue weighted by Gasteiger charge is 2.46. The van der Waals surface area contributed by atoms with Gasteiger partial charge in [0.2, 0.25) is 0 Å². The molecule has 0 aliphatic heterocycles. The van der Waals surface area contributed by atoms with E-state index in [1.165, 1.54) is 0 Å². The van der Waals surface area contributed by atoms with Crippen LogP contribution in [0.15, 0.2) is 72.8 Å². The molecule has 1 aliphatic rings. The van der Waals surface area contributed by atoms with Crippen LogP contribution in [0.4, 0.5) is 0 Å². The molecule has 0 unspecified atom stereocenters. The lowest BCUT2D eigenvalue weighted by Gasteiger charge is -2.38. The molecule has 4 aromatic carbocycles. The van der Waals surface area contributed by atoms with Gasteiger partial charge in [0.25, 0.3) is 0 Å². The molecule has 5 rings (SSSR count). The number of hydrogen-bond donors (Lipinski definition) is 1. The van der Waals surface area contributed by atoms with Crippen molar-refractivity contribution in [2.45, 2.75) is 64.6 Å². The first-order valence-electron chi connectivity index (χ1n) is 14.1. The summed E-state index contributed by atoms with van der Waals surface area (Å²) in [6.07, 6.45) is 0.743. The molecule has 1 aliphatic carbocycles. The summed E-state index contributed by atoms with van der Waals surface area (Å²) in [6, 6.07) is 23.4. The van der Waals surface area contributed by atoms with E-state index in [0.29, 0.717) is 27.9 Å². The number of carbonyl (C=O) groups excluding carboxylic acids is 1. The maximum atomic E-state index is 13.4. The Morgan fingerprint density at radius 2 is 1.33 bits per heavy atom. The molecule has 1 saturated carbocycles. The van der Waals surface area contributed by atoms with Gasteiger partial charge in [-0.1, -0.05) is 102 Å². The van der Waals surface area contributed by atoms with E-state index in [-0.39, 0.29) is 23.6 Å². The van der Waals surface area contributed by atoms with Crippen LogP contribution in [0.1, 0.15) is 48.0 Å². The Morgan fingerprint density at radius 1 is 0.795 bits per heavy atom. The first-order chi connectivity index (χ1) is 18.6. The van der Waals surface area contributed by atoms with E-state index in [0.717, 1.165) is 33.5 Å². The zero-order valence-corrected chi connectivity index (χ0v) is 24.8. The standard InChI is InChI=1S/C35H38O3Si/c1-22(2)39(23(3)4,24(5)6)20-19-27-21-30(27)35(37)38-32-18-16-26-12-8-10-14-29(26)34(32)33-28-13-9-7-11-25(28)15-17-31(33)36/h7-18,22-24,27,30,36H,21H2,1-6H3/t27-,30+/m1/s1. The highest BCUT2D eigenvalue weighted by molar-refractivity contribution is 6.90. The summed E-state index contributed by atoms with van der Waals surface area (Å²) in [5, 5.41) is 15.0. The van der Waals surface area contributed by atoms with E-state index in [9.17, 15) is 9.90 Å². The Bertz CT molecular complexity index is 1580. The van der Waals surface area contributed by atoms with E-state index in [1.807, 2.05) is 66.7 Å². The predicted octanol–water partition coefficient (Wildman–Crippen LogP) is 9.13. The summed E-state index contributed by atoms with van der Waals surface area (Å²) in [6.45, 7) is 13.9. The SMILES string of the molecule is CC(C)[Si](C#C[C@@H]1C[C@@H]1C(=O)Oc1ccc2ccccc2c1-c1c(O)ccc2ccccc12)(C(C)C)C(C)C. The van der Waals surface area contributed by atoms with Gasteiger partial charge in [0.15, 0.2) is 0 Å². The first-order valence-corrected chi connectivity index (χ1v) is 16.4. The van der Waals surface area contributed by atoms with Gasteiger partial charge in [0.1, 0.15) is 19.6 Å². The van der Waals surface area contributed by atoms with Crippen molar-refractivity contribution in [3.8, 4) is 34.1 Å². The van der Waals surface area contributed by atoms with Crippen LogP contribution in [0, 0.1) is 23.3 Å². The molecule has 2 atom stereocenters. The van der Waals surface area contributed by atoms with Crippen LogP contribution in [-0.2, 0) is 4.79 Å². The lowest BCUT2D eigenvalue weighted by atomic mass is 9.92. The molecule has 0 heterocycles. The molecule has 0 aromatic heterocycles. The second-order valence-corrected chi connectivity index (χ2v) is 17.5. The molecule has 39 heavy (non-hydrogen) atoms. The summed E-state index contributed by atoms with van der Waals surface area (Å²) in [7, 11) is -1.85.